The van der Waals surface area contributed by atoms with Gasteiger partial charge >= 0.3 is 0 Å². The second kappa shape index (κ2) is 10.5. The number of allylic oxidation sites excluding steroid dienone is 1. The maximum atomic E-state index is 9.75. The van der Waals surface area contributed by atoms with Crippen molar-refractivity contribution in [1.82, 2.24) is 0 Å². The first-order valence-electron chi connectivity index (χ1n) is 9.97. The molecule has 0 unspecified atom stereocenters. The Morgan fingerprint density at radius 2 is 1.29 bits per heavy atom. The Balaban J connectivity index is 2.18. The molecule has 0 aliphatic carbocycles. The number of hydrogen-bond donors (Lipinski definition) is 3. The summed E-state index contributed by atoms with van der Waals surface area (Å²) in [5.41, 5.74) is 4.86. The van der Waals surface area contributed by atoms with Gasteiger partial charge in [0, 0.05) is 0 Å². The van der Waals surface area contributed by atoms with Gasteiger partial charge in [0.25, 0.3) is 0 Å². The van der Waals surface area contributed by atoms with Gasteiger partial charge in [0.05, 0.1) is 7.11 Å². The molecule has 0 fully saturated rings. The van der Waals surface area contributed by atoms with Gasteiger partial charge in [-0.05, 0) is 70.7 Å². The monoisotopic (exact) mass is 422 g/mol. The van der Waals surface area contributed by atoms with Gasteiger partial charge in [0.1, 0.15) is 24.7 Å². The third kappa shape index (κ3) is 5.36. The van der Waals surface area contributed by atoms with Crippen LogP contribution in [0.1, 0.15) is 30.0 Å². The molecule has 3 rings (SSSR count). The van der Waals surface area contributed by atoms with Crippen LogP contribution in [0.2, 0.25) is 0 Å². The van der Waals surface area contributed by atoms with E-state index < -0.39 is 0 Å². The molecule has 0 aliphatic rings. The summed E-state index contributed by atoms with van der Waals surface area (Å²) in [6.45, 7) is 2.28. The lowest BCUT2D eigenvalue weighted by molar-refractivity contribution is -0.245. The first kappa shape index (κ1) is 22.2. The highest BCUT2D eigenvalue weighted by Crippen LogP contribution is 2.38. The molecule has 0 spiro atoms. The molecule has 31 heavy (non-hydrogen) atoms. The standard InChI is InChI=1S/C25H26O6/c1-3-22(19-8-13-23(29-2)24(16-19)30-14-15-31-28)25(17-4-9-20(26)10-5-17)18-6-11-21(27)12-7-18/h4-13,16,26-28H,3,14-15H2,1-2H3. The van der Waals surface area contributed by atoms with Crippen LogP contribution in [0.4, 0.5) is 0 Å². The van der Waals surface area contributed by atoms with Gasteiger partial charge in [-0.1, -0.05) is 37.3 Å². The lowest BCUT2D eigenvalue weighted by Gasteiger charge is -2.18. The molecule has 3 aromatic carbocycles. The maximum Gasteiger partial charge on any atom is 0.161 e. The van der Waals surface area contributed by atoms with Crippen LogP contribution in [-0.2, 0) is 4.89 Å². The topological polar surface area (TPSA) is 88.4 Å². The lowest BCUT2D eigenvalue weighted by atomic mass is 9.88. The van der Waals surface area contributed by atoms with E-state index in [2.05, 4.69) is 11.8 Å². The summed E-state index contributed by atoms with van der Waals surface area (Å²) >= 11 is 0. The molecule has 3 N–H and O–H groups in total. The minimum absolute atomic E-state index is 0.0378. The molecule has 6 heteroatoms. The van der Waals surface area contributed by atoms with E-state index in [1.807, 2.05) is 42.5 Å². The first-order valence-corrected chi connectivity index (χ1v) is 9.97. The van der Waals surface area contributed by atoms with Crippen molar-refractivity contribution in [3.8, 4) is 23.0 Å². The highest BCUT2D eigenvalue weighted by Gasteiger charge is 2.15. The number of rotatable bonds is 9. The first-order chi connectivity index (χ1) is 15.1. The predicted molar refractivity (Wildman–Crippen MR) is 119 cm³/mol. The van der Waals surface area contributed by atoms with Gasteiger partial charge in [-0.25, -0.2) is 4.89 Å². The van der Waals surface area contributed by atoms with E-state index in [0.717, 1.165) is 34.3 Å². The fraction of sp³-hybridized carbons (Fsp3) is 0.200. The largest absolute Gasteiger partial charge is 0.508 e. The van der Waals surface area contributed by atoms with Crippen molar-refractivity contribution < 1.29 is 29.8 Å². The Hall–Kier alpha value is -3.48. The van der Waals surface area contributed by atoms with Crippen molar-refractivity contribution in [2.45, 2.75) is 13.3 Å². The Labute approximate surface area is 181 Å². The van der Waals surface area contributed by atoms with E-state index in [1.54, 1.807) is 31.4 Å². The highest BCUT2D eigenvalue weighted by molar-refractivity contribution is 5.98. The van der Waals surface area contributed by atoms with Crippen LogP contribution in [0, 0.1) is 0 Å². The van der Waals surface area contributed by atoms with Crippen molar-refractivity contribution in [2.75, 3.05) is 20.3 Å². The zero-order chi connectivity index (χ0) is 22.2. The summed E-state index contributed by atoms with van der Waals surface area (Å²) in [6.07, 6.45) is 0.725. The predicted octanol–water partition coefficient (Wildman–Crippen LogP) is 5.34. The fourth-order valence-electron chi connectivity index (χ4n) is 3.46. The van der Waals surface area contributed by atoms with Crippen LogP contribution in [0.15, 0.2) is 66.7 Å². The Morgan fingerprint density at radius 1 is 0.742 bits per heavy atom. The zero-order valence-corrected chi connectivity index (χ0v) is 17.5. The van der Waals surface area contributed by atoms with Gasteiger partial charge in [-0.15, -0.1) is 0 Å². The van der Waals surface area contributed by atoms with Crippen LogP contribution in [0.3, 0.4) is 0 Å². The molecule has 0 amide bonds. The van der Waals surface area contributed by atoms with Crippen molar-refractivity contribution in [1.29, 1.82) is 0 Å². The van der Waals surface area contributed by atoms with Gasteiger partial charge < -0.3 is 19.7 Å². The molecular weight excluding hydrogens is 396 g/mol. The SMILES string of the molecule is CCC(=C(c1ccc(O)cc1)c1ccc(O)cc1)c1ccc(OC)c(OCCOO)c1. The van der Waals surface area contributed by atoms with Crippen molar-refractivity contribution >= 4 is 11.1 Å². The summed E-state index contributed by atoms with van der Waals surface area (Å²) in [5.74, 6) is 1.50. The second-order valence-electron chi connectivity index (χ2n) is 6.85. The van der Waals surface area contributed by atoms with Crippen LogP contribution in [0.25, 0.3) is 11.1 Å². The Kier molecular flexibility index (Phi) is 7.54. The third-order valence-electron chi connectivity index (χ3n) is 4.91. The van der Waals surface area contributed by atoms with Crippen LogP contribution < -0.4 is 9.47 Å². The van der Waals surface area contributed by atoms with Crippen molar-refractivity contribution in [3.05, 3.63) is 83.4 Å². The Bertz CT molecular complexity index is 975. The molecule has 3 aromatic rings. The zero-order valence-electron chi connectivity index (χ0n) is 17.5. The molecule has 0 heterocycles. The van der Waals surface area contributed by atoms with Crippen LogP contribution in [-0.4, -0.2) is 35.8 Å². The number of aromatic hydroxyl groups is 2. The average molecular weight is 422 g/mol. The van der Waals surface area contributed by atoms with Crippen molar-refractivity contribution in [3.63, 3.8) is 0 Å². The summed E-state index contributed by atoms with van der Waals surface area (Å²) in [5, 5.41) is 28.1. The molecule has 0 saturated carbocycles. The summed E-state index contributed by atoms with van der Waals surface area (Å²) in [6, 6.07) is 19.8. The van der Waals surface area contributed by atoms with Gasteiger partial charge in [0.15, 0.2) is 11.5 Å². The quantitative estimate of drug-likeness (QED) is 0.187. The molecule has 162 valence electrons. The van der Waals surface area contributed by atoms with Crippen molar-refractivity contribution in [2.24, 2.45) is 0 Å². The Morgan fingerprint density at radius 3 is 1.77 bits per heavy atom. The smallest absolute Gasteiger partial charge is 0.161 e. The summed E-state index contributed by atoms with van der Waals surface area (Å²) < 4.78 is 11.1. The molecular formula is C25H26O6. The molecule has 0 saturated heterocycles. The molecule has 0 radical (unpaired) electrons. The van der Waals surface area contributed by atoms with Crippen LogP contribution in [0.5, 0.6) is 23.0 Å². The maximum absolute atomic E-state index is 9.75. The van der Waals surface area contributed by atoms with Gasteiger partial charge in [-0.2, -0.15) is 0 Å². The molecule has 0 aliphatic heterocycles. The van der Waals surface area contributed by atoms with E-state index in [9.17, 15) is 10.2 Å². The van der Waals surface area contributed by atoms with E-state index in [1.165, 1.54) is 0 Å². The molecule has 0 aromatic heterocycles. The number of methoxy groups -OCH3 is 1. The summed E-state index contributed by atoms with van der Waals surface area (Å²) in [4.78, 5) is 4.09. The number of ether oxygens (including phenoxy) is 2. The normalized spacial score (nSPS) is 10.5. The van der Waals surface area contributed by atoms with Crippen LogP contribution >= 0.6 is 0 Å². The second-order valence-corrected chi connectivity index (χ2v) is 6.85. The average Bonchev–Trinajstić information content (AvgIpc) is 2.79. The van der Waals surface area contributed by atoms with E-state index in [4.69, 9.17) is 14.7 Å². The number of hydrogen-bond acceptors (Lipinski definition) is 6. The van der Waals surface area contributed by atoms with E-state index >= 15 is 0 Å². The van der Waals surface area contributed by atoms with Gasteiger partial charge in [0.2, 0.25) is 0 Å². The molecule has 0 bridgehead atoms. The molecule has 6 nitrogen and oxygen atoms in total. The minimum atomic E-state index is 0.0378. The lowest BCUT2D eigenvalue weighted by Crippen LogP contribution is -2.06. The fourth-order valence-corrected chi connectivity index (χ4v) is 3.46. The minimum Gasteiger partial charge on any atom is -0.508 e. The third-order valence-corrected chi connectivity index (χ3v) is 4.91. The number of phenols is 2. The number of phenolic OH excluding ortho intramolecular Hbond substituents is 2. The van der Waals surface area contributed by atoms with E-state index in [0.29, 0.717) is 11.5 Å². The number of benzene rings is 3. The highest BCUT2D eigenvalue weighted by atomic mass is 17.1. The van der Waals surface area contributed by atoms with Gasteiger partial charge in [-0.3, -0.25) is 5.26 Å². The molecule has 0 atom stereocenters. The summed E-state index contributed by atoms with van der Waals surface area (Å²) in [7, 11) is 1.57. The van der Waals surface area contributed by atoms with E-state index in [-0.39, 0.29) is 24.7 Å².